The van der Waals surface area contributed by atoms with E-state index in [0.717, 1.165) is 37.6 Å². The number of rotatable bonds is 9. The Morgan fingerprint density at radius 3 is 2.32 bits per heavy atom. The molecule has 3 rings (SSSR count). The van der Waals surface area contributed by atoms with Crippen molar-refractivity contribution in [2.75, 3.05) is 57.4 Å². The lowest BCUT2D eigenvalue weighted by Crippen LogP contribution is -2.49. The number of nitrogens with zero attached hydrogens (tertiary/aromatic N) is 2. The van der Waals surface area contributed by atoms with E-state index in [0.29, 0.717) is 24.8 Å². The molecule has 1 heterocycles. The number of anilines is 1. The summed E-state index contributed by atoms with van der Waals surface area (Å²) in [6.07, 6.45) is -0.534. The lowest BCUT2D eigenvalue weighted by molar-refractivity contribution is 0.00718. The molecule has 0 saturated carbocycles. The minimum absolute atomic E-state index is 0.218. The molecule has 1 saturated heterocycles. The van der Waals surface area contributed by atoms with Gasteiger partial charge in [-0.05, 0) is 48.5 Å². The molecule has 0 amide bonds. The van der Waals surface area contributed by atoms with E-state index in [1.165, 1.54) is 12.1 Å². The van der Waals surface area contributed by atoms with Crippen molar-refractivity contribution in [1.82, 2.24) is 4.90 Å². The van der Waals surface area contributed by atoms with Gasteiger partial charge in [0.1, 0.15) is 18.2 Å². The van der Waals surface area contributed by atoms with E-state index in [1.54, 1.807) is 24.3 Å². The molecule has 1 N–H and O–H groups in total. The summed E-state index contributed by atoms with van der Waals surface area (Å²) in [4.78, 5) is 4.45. The molecule has 1 atom stereocenters. The zero-order valence-corrected chi connectivity index (χ0v) is 16.5. The zero-order chi connectivity index (χ0) is 19.8. The summed E-state index contributed by atoms with van der Waals surface area (Å²) in [6, 6.07) is 13.7. The number of aliphatic hydroxyl groups is 1. The van der Waals surface area contributed by atoms with Gasteiger partial charge < -0.3 is 19.5 Å². The smallest absolute Gasteiger partial charge is 0.123 e. The van der Waals surface area contributed by atoms with Crippen LogP contribution >= 0.6 is 11.6 Å². The third-order valence-electron chi connectivity index (χ3n) is 4.65. The first kappa shape index (κ1) is 20.9. The summed E-state index contributed by atoms with van der Waals surface area (Å²) >= 11 is 5.83. The number of halogens is 2. The Morgan fingerprint density at radius 1 is 0.964 bits per heavy atom. The lowest BCUT2D eigenvalue weighted by Gasteiger charge is -2.36. The molecule has 0 aliphatic carbocycles. The monoisotopic (exact) mass is 408 g/mol. The highest BCUT2D eigenvalue weighted by atomic mass is 35.5. The van der Waals surface area contributed by atoms with Crippen LogP contribution in [-0.2, 0) is 4.74 Å². The fraction of sp³-hybridized carbons (Fsp3) is 0.429. The van der Waals surface area contributed by atoms with Gasteiger partial charge in [0.05, 0.1) is 19.3 Å². The molecule has 5 nitrogen and oxygen atoms in total. The van der Waals surface area contributed by atoms with Crippen LogP contribution in [0.4, 0.5) is 10.1 Å². The molecule has 1 aliphatic heterocycles. The van der Waals surface area contributed by atoms with Crippen LogP contribution in [0, 0.1) is 5.82 Å². The highest BCUT2D eigenvalue weighted by Crippen LogP contribution is 2.17. The highest BCUT2D eigenvalue weighted by Gasteiger charge is 2.19. The maximum absolute atomic E-state index is 13.0. The molecular formula is C21H26ClFN2O3. The maximum Gasteiger partial charge on any atom is 0.123 e. The Bertz CT molecular complexity index is 707. The van der Waals surface area contributed by atoms with Gasteiger partial charge in [-0.2, -0.15) is 0 Å². The molecular weight excluding hydrogens is 383 g/mol. The fourth-order valence-corrected chi connectivity index (χ4v) is 3.29. The largest absolute Gasteiger partial charge is 0.491 e. The van der Waals surface area contributed by atoms with E-state index in [9.17, 15) is 9.50 Å². The van der Waals surface area contributed by atoms with Gasteiger partial charge in [-0.3, -0.25) is 4.90 Å². The van der Waals surface area contributed by atoms with E-state index in [-0.39, 0.29) is 12.4 Å². The molecule has 0 spiro atoms. The maximum atomic E-state index is 13.0. The second-order valence-corrected chi connectivity index (χ2v) is 7.23. The Kier molecular flexibility index (Phi) is 7.91. The summed E-state index contributed by atoms with van der Waals surface area (Å²) < 4.78 is 24.1. The molecule has 1 fully saturated rings. The Hall–Kier alpha value is -1.86. The SMILES string of the molecule is OC(COCCOc1ccc(Cl)cc1)CN1CCN(c2ccc(F)cc2)CC1. The van der Waals surface area contributed by atoms with Crippen molar-refractivity contribution in [2.45, 2.75) is 6.10 Å². The fourth-order valence-electron chi connectivity index (χ4n) is 3.16. The highest BCUT2D eigenvalue weighted by molar-refractivity contribution is 6.30. The Balaban J connectivity index is 1.27. The van der Waals surface area contributed by atoms with Crippen LogP contribution in [0.2, 0.25) is 5.02 Å². The van der Waals surface area contributed by atoms with Crippen molar-refractivity contribution in [2.24, 2.45) is 0 Å². The summed E-state index contributed by atoms with van der Waals surface area (Å²) in [5, 5.41) is 10.9. The van der Waals surface area contributed by atoms with Crippen LogP contribution in [0.1, 0.15) is 0 Å². The predicted octanol–water partition coefficient (Wildman–Crippen LogP) is 3.06. The second kappa shape index (κ2) is 10.6. The average Bonchev–Trinajstić information content (AvgIpc) is 2.70. The zero-order valence-electron chi connectivity index (χ0n) is 15.8. The molecule has 28 heavy (non-hydrogen) atoms. The second-order valence-electron chi connectivity index (χ2n) is 6.80. The van der Waals surface area contributed by atoms with Crippen LogP contribution in [-0.4, -0.2) is 68.7 Å². The Labute approximate surface area is 170 Å². The van der Waals surface area contributed by atoms with Crippen molar-refractivity contribution in [3.05, 3.63) is 59.4 Å². The molecule has 7 heteroatoms. The first-order valence-corrected chi connectivity index (χ1v) is 9.85. The first-order chi connectivity index (χ1) is 13.6. The topological polar surface area (TPSA) is 45.2 Å². The normalized spacial score (nSPS) is 16.2. The molecule has 1 unspecified atom stereocenters. The van der Waals surface area contributed by atoms with Gasteiger partial charge in [-0.1, -0.05) is 11.6 Å². The molecule has 2 aromatic carbocycles. The third-order valence-corrected chi connectivity index (χ3v) is 4.91. The Morgan fingerprint density at radius 2 is 1.64 bits per heavy atom. The van der Waals surface area contributed by atoms with Gasteiger partial charge in [-0.25, -0.2) is 4.39 Å². The van der Waals surface area contributed by atoms with Crippen molar-refractivity contribution in [3.63, 3.8) is 0 Å². The quantitative estimate of drug-likeness (QED) is 0.646. The molecule has 152 valence electrons. The van der Waals surface area contributed by atoms with Crippen LogP contribution < -0.4 is 9.64 Å². The molecule has 0 aromatic heterocycles. The average molecular weight is 409 g/mol. The van der Waals surface area contributed by atoms with Crippen LogP contribution in [0.5, 0.6) is 5.75 Å². The van der Waals surface area contributed by atoms with Crippen LogP contribution in [0.15, 0.2) is 48.5 Å². The van der Waals surface area contributed by atoms with E-state index < -0.39 is 6.10 Å². The minimum atomic E-state index is -0.534. The number of hydrogen-bond donors (Lipinski definition) is 1. The van der Waals surface area contributed by atoms with E-state index in [1.807, 2.05) is 12.1 Å². The summed E-state index contributed by atoms with van der Waals surface area (Å²) in [7, 11) is 0. The van der Waals surface area contributed by atoms with Gasteiger partial charge in [0, 0.05) is 43.4 Å². The number of benzene rings is 2. The number of ether oxygens (including phenoxy) is 2. The van der Waals surface area contributed by atoms with Crippen molar-refractivity contribution >= 4 is 17.3 Å². The third kappa shape index (κ3) is 6.63. The first-order valence-electron chi connectivity index (χ1n) is 9.47. The van der Waals surface area contributed by atoms with Gasteiger partial charge in [-0.15, -0.1) is 0 Å². The predicted molar refractivity (Wildman–Crippen MR) is 109 cm³/mol. The standard InChI is InChI=1S/C21H26ClFN2O3/c22-17-1-7-21(8-2-17)28-14-13-27-16-20(26)15-24-9-11-25(12-10-24)19-5-3-18(23)4-6-19/h1-8,20,26H,9-16H2. The van der Waals surface area contributed by atoms with Crippen LogP contribution in [0.25, 0.3) is 0 Å². The lowest BCUT2D eigenvalue weighted by atomic mass is 10.2. The van der Waals surface area contributed by atoms with Gasteiger partial charge in [0.25, 0.3) is 0 Å². The van der Waals surface area contributed by atoms with Crippen LogP contribution in [0.3, 0.4) is 0 Å². The van der Waals surface area contributed by atoms with Crippen molar-refractivity contribution in [3.8, 4) is 5.75 Å². The summed E-state index contributed by atoms with van der Waals surface area (Å²) in [6.45, 7) is 5.12. The van der Waals surface area contributed by atoms with Gasteiger partial charge >= 0.3 is 0 Å². The van der Waals surface area contributed by atoms with Crippen molar-refractivity contribution < 1.29 is 19.0 Å². The molecule has 2 aromatic rings. The minimum Gasteiger partial charge on any atom is -0.491 e. The number of piperazine rings is 1. The number of aliphatic hydroxyl groups excluding tert-OH is 1. The van der Waals surface area contributed by atoms with E-state index >= 15 is 0 Å². The summed E-state index contributed by atoms with van der Waals surface area (Å²) in [5.74, 6) is 0.525. The molecule has 0 bridgehead atoms. The van der Waals surface area contributed by atoms with E-state index in [4.69, 9.17) is 21.1 Å². The van der Waals surface area contributed by atoms with Gasteiger partial charge in [0.15, 0.2) is 0 Å². The van der Waals surface area contributed by atoms with Gasteiger partial charge in [0.2, 0.25) is 0 Å². The molecule has 1 aliphatic rings. The number of hydrogen-bond acceptors (Lipinski definition) is 5. The number of β-amino-alcohol motifs (C(OH)–C–C–N with tert-alkyl or cyclic N) is 1. The summed E-state index contributed by atoms with van der Waals surface area (Å²) in [5.41, 5.74) is 1.03. The van der Waals surface area contributed by atoms with Crippen molar-refractivity contribution in [1.29, 1.82) is 0 Å². The molecule has 0 radical (unpaired) electrons. The van der Waals surface area contributed by atoms with E-state index in [2.05, 4.69) is 9.80 Å².